The molecule has 112 valence electrons. The van der Waals surface area contributed by atoms with E-state index >= 15 is 0 Å². The molecule has 0 N–H and O–H groups in total. The molecule has 1 saturated heterocycles. The van der Waals surface area contributed by atoms with E-state index in [1.165, 1.54) is 12.1 Å². The van der Waals surface area contributed by atoms with Crippen molar-refractivity contribution in [2.75, 3.05) is 32.1 Å². The van der Waals surface area contributed by atoms with E-state index in [0.717, 1.165) is 13.1 Å². The quantitative estimate of drug-likeness (QED) is 0.625. The topological polar surface area (TPSA) is 66.7 Å². The van der Waals surface area contributed by atoms with Crippen LogP contribution in [0.15, 0.2) is 24.3 Å². The molecule has 1 heterocycles. The van der Waals surface area contributed by atoms with Gasteiger partial charge in [-0.1, -0.05) is 0 Å². The standard InChI is InChI=1S/C15H19N3O3/c1-16-8-13-12(14(13)9-16)7-15(19)17(2)10-3-5-11(6-4-10)18(20)21/h3-6,12-14H,7-9H2,1-2H3. The predicted molar refractivity (Wildman–Crippen MR) is 79.1 cm³/mol. The Hall–Kier alpha value is -1.95. The van der Waals surface area contributed by atoms with Gasteiger partial charge in [-0.3, -0.25) is 14.9 Å². The third-order valence-electron chi connectivity index (χ3n) is 4.79. The fourth-order valence-corrected chi connectivity index (χ4v) is 3.44. The van der Waals surface area contributed by atoms with Crippen LogP contribution in [0.3, 0.4) is 0 Å². The number of amides is 1. The zero-order valence-electron chi connectivity index (χ0n) is 12.2. The van der Waals surface area contributed by atoms with Crippen LogP contribution in [0, 0.1) is 27.9 Å². The predicted octanol–water partition coefficient (Wildman–Crippen LogP) is 1.76. The number of carbonyl (C=O) groups is 1. The maximum atomic E-state index is 12.3. The second-order valence-corrected chi connectivity index (χ2v) is 6.14. The summed E-state index contributed by atoms with van der Waals surface area (Å²) in [4.78, 5) is 26.4. The monoisotopic (exact) mass is 289 g/mol. The van der Waals surface area contributed by atoms with Crippen LogP contribution in [0.2, 0.25) is 0 Å². The first-order chi connectivity index (χ1) is 9.97. The number of hydrogen-bond donors (Lipinski definition) is 0. The number of benzene rings is 1. The molecule has 6 heteroatoms. The van der Waals surface area contributed by atoms with Crippen molar-refractivity contribution in [3.63, 3.8) is 0 Å². The van der Waals surface area contributed by atoms with E-state index < -0.39 is 4.92 Å². The summed E-state index contributed by atoms with van der Waals surface area (Å²) in [6, 6.07) is 6.11. The molecule has 0 radical (unpaired) electrons. The van der Waals surface area contributed by atoms with Gasteiger partial charge < -0.3 is 9.80 Å². The molecular formula is C15H19N3O3. The molecule has 0 bridgehead atoms. The normalized spacial score (nSPS) is 27.2. The summed E-state index contributed by atoms with van der Waals surface area (Å²) >= 11 is 0. The lowest BCUT2D eigenvalue weighted by molar-refractivity contribution is -0.384. The Balaban J connectivity index is 1.59. The lowest BCUT2D eigenvalue weighted by atomic mass is 10.1. The number of carbonyl (C=O) groups excluding carboxylic acids is 1. The fourth-order valence-electron chi connectivity index (χ4n) is 3.44. The van der Waals surface area contributed by atoms with Gasteiger partial charge in [-0.2, -0.15) is 0 Å². The van der Waals surface area contributed by atoms with Gasteiger partial charge in [0.05, 0.1) is 4.92 Å². The highest BCUT2D eigenvalue weighted by atomic mass is 16.6. The Morgan fingerprint density at radius 3 is 2.43 bits per heavy atom. The number of nitrogens with zero attached hydrogens (tertiary/aromatic N) is 3. The molecule has 0 aromatic heterocycles. The molecule has 0 spiro atoms. The highest BCUT2D eigenvalue weighted by Gasteiger charge is 2.55. The number of likely N-dealkylation sites (tertiary alicyclic amines) is 1. The van der Waals surface area contributed by atoms with Gasteiger partial charge in [0.25, 0.3) is 5.69 Å². The number of fused-ring (bicyclic) bond motifs is 1. The molecule has 1 saturated carbocycles. The van der Waals surface area contributed by atoms with E-state index in [1.54, 1.807) is 24.1 Å². The first-order valence-corrected chi connectivity index (χ1v) is 7.17. The van der Waals surface area contributed by atoms with Gasteiger partial charge in [0.15, 0.2) is 0 Å². The summed E-state index contributed by atoms with van der Waals surface area (Å²) < 4.78 is 0. The van der Waals surface area contributed by atoms with Crippen molar-refractivity contribution in [3.8, 4) is 0 Å². The second kappa shape index (κ2) is 5.11. The largest absolute Gasteiger partial charge is 0.315 e. The zero-order valence-corrected chi connectivity index (χ0v) is 12.2. The van der Waals surface area contributed by atoms with Gasteiger partial charge in [0.1, 0.15) is 0 Å². The average molecular weight is 289 g/mol. The lowest BCUT2D eigenvalue weighted by Gasteiger charge is -2.18. The van der Waals surface area contributed by atoms with Crippen molar-refractivity contribution in [1.29, 1.82) is 0 Å². The molecule has 2 atom stereocenters. The van der Waals surface area contributed by atoms with Crippen molar-refractivity contribution in [2.24, 2.45) is 17.8 Å². The van der Waals surface area contributed by atoms with Crippen molar-refractivity contribution >= 4 is 17.3 Å². The Morgan fingerprint density at radius 2 is 1.90 bits per heavy atom. The van der Waals surface area contributed by atoms with E-state index in [-0.39, 0.29) is 11.6 Å². The average Bonchev–Trinajstić information content (AvgIpc) is 2.92. The highest BCUT2D eigenvalue weighted by molar-refractivity contribution is 5.93. The van der Waals surface area contributed by atoms with Crippen LogP contribution in [0.1, 0.15) is 6.42 Å². The SMILES string of the molecule is CN1CC2C(CC(=O)N(C)c3ccc([N+](=O)[O-])cc3)C2C1. The smallest absolute Gasteiger partial charge is 0.269 e. The van der Waals surface area contributed by atoms with Crippen molar-refractivity contribution in [1.82, 2.24) is 4.90 Å². The van der Waals surface area contributed by atoms with Gasteiger partial charge >= 0.3 is 0 Å². The van der Waals surface area contributed by atoms with Crippen molar-refractivity contribution in [2.45, 2.75) is 6.42 Å². The Bertz CT molecular complexity index is 560. The molecule has 21 heavy (non-hydrogen) atoms. The molecule has 2 unspecified atom stereocenters. The number of nitro groups is 1. The molecule has 1 aliphatic heterocycles. The molecule has 1 amide bonds. The number of piperidine rings is 1. The minimum absolute atomic E-state index is 0.0411. The van der Waals surface area contributed by atoms with Crippen LogP contribution in [-0.4, -0.2) is 42.9 Å². The minimum Gasteiger partial charge on any atom is -0.315 e. The number of nitro benzene ring substituents is 1. The molecule has 3 rings (SSSR count). The molecule has 2 fully saturated rings. The van der Waals surface area contributed by atoms with Crippen molar-refractivity contribution < 1.29 is 9.72 Å². The molecule has 1 aromatic rings. The summed E-state index contributed by atoms with van der Waals surface area (Å²) in [6.07, 6.45) is 0.580. The van der Waals surface area contributed by atoms with Crippen LogP contribution in [0.4, 0.5) is 11.4 Å². The fraction of sp³-hybridized carbons (Fsp3) is 0.533. The van der Waals surface area contributed by atoms with Gasteiger partial charge in [-0.15, -0.1) is 0 Å². The van der Waals surface area contributed by atoms with Crippen LogP contribution >= 0.6 is 0 Å². The number of non-ortho nitro benzene ring substituents is 1. The number of hydrogen-bond acceptors (Lipinski definition) is 4. The van der Waals surface area contributed by atoms with Gasteiger partial charge in [0, 0.05) is 44.4 Å². The van der Waals surface area contributed by atoms with E-state index in [1.807, 2.05) is 0 Å². The summed E-state index contributed by atoms with van der Waals surface area (Å²) in [6.45, 7) is 2.20. The van der Waals surface area contributed by atoms with Gasteiger partial charge in [-0.05, 0) is 36.9 Å². The second-order valence-electron chi connectivity index (χ2n) is 6.14. The number of rotatable bonds is 4. The summed E-state index contributed by atoms with van der Waals surface area (Å²) in [7, 11) is 3.85. The minimum atomic E-state index is -0.437. The first-order valence-electron chi connectivity index (χ1n) is 7.17. The zero-order chi connectivity index (χ0) is 15.1. The number of anilines is 1. The van der Waals surface area contributed by atoms with Crippen molar-refractivity contribution in [3.05, 3.63) is 34.4 Å². The van der Waals surface area contributed by atoms with E-state index in [9.17, 15) is 14.9 Å². The first kappa shape index (κ1) is 14.0. The molecule has 1 aliphatic carbocycles. The van der Waals surface area contributed by atoms with Gasteiger partial charge in [-0.25, -0.2) is 0 Å². The van der Waals surface area contributed by atoms with E-state index in [0.29, 0.717) is 29.9 Å². The lowest BCUT2D eigenvalue weighted by Crippen LogP contribution is -2.28. The highest BCUT2D eigenvalue weighted by Crippen LogP contribution is 2.53. The van der Waals surface area contributed by atoms with Crippen LogP contribution in [0.5, 0.6) is 0 Å². The molecule has 6 nitrogen and oxygen atoms in total. The Morgan fingerprint density at radius 1 is 1.33 bits per heavy atom. The van der Waals surface area contributed by atoms with Crippen LogP contribution in [0.25, 0.3) is 0 Å². The third-order valence-corrected chi connectivity index (χ3v) is 4.79. The summed E-state index contributed by atoms with van der Waals surface area (Å²) in [5.41, 5.74) is 0.743. The van der Waals surface area contributed by atoms with Crippen LogP contribution < -0.4 is 4.90 Å². The van der Waals surface area contributed by atoms with Crippen LogP contribution in [-0.2, 0) is 4.79 Å². The third kappa shape index (κ3) is 2.63. The maximum Gasteiger partial charge on any atom is 0.269 e. The molecule has 2 aliphatic rings. The molecular weight excluding hydrogens is 270 g/mol. The summed E-state index contributed by atoms with van der Waals surface area (Å²) in [5.74, 6) is 1.98. The Labute approximate surface area is 123 Å². The van der Waals surface area contributed by atoms with Gasteiger partial charge in [0.2, 0.25) is 5.91 Å². The maximum absolute atomic E-state index is 12.3. The van der Waals surface area contributed by atoms with E-state index in [2.05, 4.69) is 11.9 Å². The van der Waals surface area contributed by atoms with E-state index in [4.69, 9.17) is 0 Å². The summed E-state index contributed by atoms with van der Waals surface area (Å²) in [5, 5.41) is 10.6. The molecule has 1 aromatic carbocycles. The Kier molecular flexibility index (Phi) is 3.41.